The second kappa shape index (κ2) is 5.32. The van der Waals surface area contributed by atoms with Crippen LogP contribution in [0.4, 0.5) is 0 Å². The maximum Gasteiger partial charge on any atom is 0.0159 e. The minimum Gasteiger partial charge on any atom is -0.0617 e. The fourth-order valence-electron chi connectivity index (χ4n) is 4.52. The van der Waals surface area contributed by atoms with Crippen molar-refractivity contribution < 1.29 is 0 Å². The van der Waals surface area contributed by atoms with Gasteiger partial charge in [0.25, 0.3) is 0 Å². The summed E-state index contributed by atoms with van der Waals surface area (Å²) in [5.74, 6) is 0. The van der Waals surface area contributed by atoms with Crippen molar-refractivity contribution in [1.29, 1.82) is 0 Å². The molecule has 4 aromatic carbocycles. The van der Waals surface area contributed by atoms with Crippen molar-refractivity contribution in [3.8, 4) is 22.3 Å². The summed E-state index contributed by atoms with van der Waals surface area (Å²) in [7, 11) is 0. The Bertz CT molecular complexity index is 1160. The van der Waals surface area contributed by atoms with Crippen LogP contribution in [0.15, 0.2) is 78.9 Å². The van der Waals surface area contributed by atoms with E-state index >= 15 is 0 Å². The van der Waals surface area contributed by atoms with Gasteiger partial charge in [0.1, 0.15) is 0 Å². The molecule has 0 heteroatoms. The average Bonchev–Trinajstić information content (AvgIpc) is 2.89. The van der Waals surface area contributed by atoms with E-state index in [9.17, 15) is 0 Å². The minimum atomic E-state index is 0.0452. The van der Waals surface area contributed by atoms with Crippen molar-refractivity contribution in [2.45, 2.75) is 26.2 Å². The Balaban J connectivity index is 1.71. The highest BCUT2D eigenvalue weighted by molar-refractivity contribution is 5.89. The Morgan fingerprint density at radius 1 is 0.615 bits per heavy atom. The van der Waals surface area contributed by atoms with E-state index in [4.69, 9.17) is 0 Å². The smallest absolute Gasteiger partial charge is 0.0159 e. The summed E-state index contributed by atoms with van der Waals surface area (Å²) in [6.07, 6.45) is 0. The zero-order chi connectivity index (χ0) is 17.9. The number of benzene rings is 4. The summed E-state index contributed by atoms with van der Waals surface area (Å²) < 4.78 is 0. The Labute approximate surface area is 155 Å². The highest BCUT2D eigenvalue weighted by atomic mass is 14.4. The molecule has 0 unspecified atom stereocenters. The lowest BCUT2D eigenvalue weighted by Crippen LogP contribution is -2.15. The largest absolute Gasteiger partial charge is 0.0617 e. The van der Waals surface area contributed by atoms with Crippen molar-refractivity contribution in [2.24, 2.45) is 0 Å². The summed E-state index contributed by atoms with van der Waals surface area (Å²) in [6, 6.07) is 29.0. The molecule has 0 nitrogen and oxygen atoms in total. The van der Waals surface area contributed by atoms with E-state index in [2.05, 4.69) is 99.6 Å². The number of rotatable bonds is 1. The molecule has 0 aromatic heterocycles. The molecule has 0 amide bonds. The molecule has 0 N–H and O–H groups in total. The third kappa shape index (κ3) is 2.08. The molecule has 0 saturated carbocycles. The topological polar surface area (TPSA) is 0 Å². The molecule has 0 saturated heterocycles. The zero-order valence-corrected chi connectivity index (χ0v) is 15.5. The molecule has 0 fully saturated rings. The molecular formula is C26H22. The second-order valence-corrected chi connectivity index (χ2v) is 7.94. The van der Waals surface area contributed by atoms with Crippen LogP contribution in [0.25, 0.3) is 33.0 Å². The summed E-state index contributed by atoms with van der Waals surface area (Å²) in [4.78, 5) is 0. The third-order valence-corrected chi connectivity index (χ3v) is 5.99. The first-order valence-corrected chi connectivity index (χ1v) is 9.30. The van der Waals surface area contributed by atoms with Crippen LogP contribution in [-0.4, -0.2) is 0 Å². The van der Waals surface area contributed by atoms with Crippen LogP contribution in [0.3, 0.4) is 0 Å². The van der Waals surface area contributed by atoms with Crippen LogP contribution in [0.5, 0.6) is 0 Å². The fourth-order valence-corrected chi connectivity index (χ4v) is 4.52. The number of hydrogen-bond acceptors (Lipinski definition) is 0. The predicted molar refractivity (Wildman–Crippen MR) is 112 cm³/mol. The van der Waals surface area contributed by atoms with E-state index in [1.165, 1.54) is 49.7 Å². The van der Waals surface area contributed by atoms with Gasteiger partial charge in [0, 0.05) is 5.41 Å². The lowest BCUT2D eigenvalue weighted by Gasteiger charge is -2.22. The highest BCUT2D eigenvalue weighted by Crippen LogP contribution is 2.50. The van der Waals surface area contributed by atoms with Gasteiger partial charge in [0.05, 0.1) is 0 Å². The lowest BCUT2D eigenvalue weighted by molar-refractivity contribution is 0.660. The molecule has 1 aliphatic rings. The molecule has 0 radical (unpaired) electrons. The van der Waals surface area contributed by atoms with Crippen LogP contribution in [0.1, 0.15) is 30.5 Å². The summed E-state index contributed by atoms with van der Waals surface area (Å²) in [5, 5.41) is 2.59. The monoisotopic (exact) mass is 334 g/mol. The maximum atomic E-state index is 2.40. The van der Waals surface area contributed by atoms with Gasteiger partial charge in [0.2, 0.25) is 0 Å². The van der Waals surface area contributed by atoms with Crippen LogP contribution in [0.2, 0.25) is 0 Å². The van der Waals surface area contributed by atoms with Crippen molar-refractivity contribution in [2.75, 3.05) is 0 Å². The molecule has 0 spiro atoms. The second-order valence-electron chi connectivity index (χ2n) is 7.94. The number of aryl methyl sites for hydroxylation is 1. The van der Waals surface area contributed by atoms with E-state index in [1.807, 2.05) is 0 Å². The molecule has 0 bridgehead atoms. The first-order chi connectivity index (χ1) is 12.6. The molecule has 0 aliphatic heterocycles. The van der Waals surface area contributed by atoms with E-state index in [0.717, 1.165) is 0 Å². The van der Waals surface area contributed by atoms with Crippen molar-refractivity contribution in [3.63, 3.8) is 0 Å². The van der Waals surface area contributed by atoms with E-state index in [0.29, 0.717) is 0 Å². The Morgan fingerprint density at radius 2 is 1.35 bits per heavy atom. The lowest BCUT2D eigenvalue weighted by atomic mass is 9.81. The summed E-state index contributed by atoms with van der Waals surface area (Å²) >= 11 is 0. The van der Waals surface area contributed by atoms with Crippen LogP contribution in [-0.2, 0) is 5.41 Å². The molecule has 1 aliphatic carbocycles. The maximum absolute atomic E-state index is 2.40. The molecule has 0 heterocycles. The van der Waals surface area contributed by atoms with Crippen molar-refractivity contribution in [1.82, 2.24) is 0 Å². The van der Waals surface area contributed by atoms with Gasteiger partial charge in [-0.1, -0.05) is 80.6 Å². The van der Waals surface area contributed by atoms with E-state index < -0.39 is 0 Å². The molecular weight excluding hydrogens is 312 g/mol. The first-order valence-electron chi connectivity index (χ1n) is 9.30. The summed E-state index contributed by atoms with van der Waals surface area (Å²) in [5.41, 5.74) is 9.71. The van der Waals surface area contributed by atoms with Crippen molar-refractivity contribution in [3.05, 3.63) is 95.6 Å². The Kier molecular flexibility index (Phi) is 3.15. The zero-order valence-electron chi connectivity index (χ0n) is 15.5. The SMILES string of the molecule is Cc1cccc2c1-c1ccc(-c3ccc4ccccc4c3)cc1C2(C)C. The van der Waals surface area contributed by atoms with E-state index in [1.54, 1.807) is 0 Å². The van der Waals surface area contributed by atoms with Gasteiger partial charge in [-0.3, -0.25) is 0 Å². The van der Waals surface area contributed by atoms with E-state index in [-0.39, 0.29) is 5.41 Å². The Morgan fingerprint density at radius 3 is 2.19 bits per heavy atom. The number of fused-ring (bicyclic) bond motifs is 4. The quantitative estimate of drug-likeness (QED) is 0.347. The Hall–Kier alpha value is -2.86. The molecule has 4 aromatic rings. The van der Waals surface area contributed by atoms with Gasteiger partial charge < -0.3 is 0 Å². The third-order valence-electron chi connectivity index (χ3n) is 5.99. The van der Waals surface area contributed by atoms with Crippen molar-refractivity contribution >= 4 is 10.8 Å². The van der Waals surface area contributed by atoms with Gasteiger partial charge in [0.15, 0.2) is 0 Å². The summed E-state index contributed by atoms with van der Waals surface area (Å²) in [6.45, 7) is 6.92. The van der Waals surface area contributed by atoms with Crippen LogP contribution < -0.4 is 0 Å². The van der Waals surface area contributed by atoms with Gasteiger partial charge in [-0.05, 0) is 68.8 Å². The molecule has 0 atom stereocenters. The fraction of sp³-hybridized carbons (Fsp3) is 0.154. The molecule has 5 rings (SSSR count). The molecule has 26 heavy (non-hydrogen) atoms. The highest BCUT2D eigenvalue weighted by Gasteiger charge is 2.36. The van der Waals surface area contributed by atoms with Crippen LogP contribution in [0, 0.1) is 6.92 Å². The molecule has 126 valence electrons. The normalized spacial score (nSPS) is 14.3. The van der Waals surface area contributed by atoms with Gasteiger partial charge in [-0.25, -0.2) is 0 Å². The number of hydrogen-bond donors (Lipinski definition) is 0. The average molecular weight is 334 g/mol. The van der Waals surface area contributed by atoms with Crippen LogP contribution >= 0.6 is 0 Å². The van der Waals surface area contributed by atoms with Gasteiger partial charge >= 0.3 is 0 Å². The van der Waals surface area contributed by atoms with Gasteiger partial charge in [-0.2, -0.15) is 0 Å². The predicted octanol–water partition coefficient (Wildman–Crippen LogP) is 7.12. The minimum absolute atomic E-state index is 0.0452. The van der Waals surface area contributed by atoms with Gasteiger partial charge in [-0.15, -0.1) is 0 Å². The first kappa shape index (κ1) is 15.4. The standard InChI is InChI=1S/C26H22/c1-17-7-6-10-23-25(17)22-14-13-21(16-24(22)26(23,2)3)20-12-11-18-8-4-5-9-19(18)15-20/h4-16H,1-3H3.